The van der Waals surface area contributed by atoms with Crippen LogP contribution in [0.25, 0.3) is 4.96 Å². The summed E-state index contributed by atoms with van der Waals surface area (Å²) >= 11 is 1.59. The van der Waals surface area contributed by atoms with E-state index >= 15 is 0 Å². The van der Waals surface area contributed by atoms with Crippen LogP contribution in [0.15, 0.2) is 22.2 Å². The quantitative estimate of drug-likeness (QED) is 0.799. The highest BCUT2D eigenvalue weighted by molar-refractivity contribution is 7.15. The standard InChI is InChI=1S/C14H16N2O2S/c1-8-9(2)18-10(3)13(8)12(17)6-11-7-16-4-5-19-14(16)15-11/h4-5,7,12,17H,6H2,1-3H3. The fourth-order valence-electron chi connectivity index (χ4n) is 2.47. The summed E-state index contributed by atoms with van der Waals surface area (Å²) in [5, 5.41) is 12.4. The number of hydrogen-bond donors (Lipinski definition) is 1. The molecule has 1 atom stereocenters. The molecule has 5 heteroatoms. The first-order valence-corrected chi connectivity index (χ1v) is 7.10. The van der Waals surface area contributed by atoms with Gasteiger partial charge in [0.25, 0.3) is 0 Å². The van der Waals surface area contributed by atoms with Crippen LogP contribution in [0.2, 0.25) is 0 Å². The van der Waals surface area contributed by atoms with Crippen LogP contribution < -0.4 is 0 Å². The second-order valence-corrected chi connectivity index (χ2v) is 5.67. The lowest BCUT2D eigenvalue weighted by molar-refractivity contribution is 0.174. The lowest BCUT2D eigenvalue weighted by Gasteiger charge is -2.09. The Morgan fingerprint density at radius 2 is 2.16 bits per heavy atom. The molecule has 4 nitrogen and oxygen atoms in total. The predicted molar refractivity (Wildman–Crippen MR) is 74.7 cm³/mol. The molecule has 0 saturated heterocycles. The minimum Gasteiger partial charge on any atom is -0.466 e. The smallest absolute Gasteiger partial charge is 0.193 e. The molecule has 0 aliphatic rings. The van der Waals surface area contributed by atoms with E-state index in [-0.39, 0.29) is 0 Å². The second kappa shape index (κ2) is 4.51. The Hall–Kier alpha value is -1.59. The number of fused-ring (bicyclic) bond motifs is 1. The molecule has 0 amide bonds. The van der Waals surface area contributed by atoms with Gasteiger partial charge in [0, 0.05) is 29.8 Å². The highest BCUT2D eigenvalue weighted by atomic mass is 32.1. The van der Waals surface area contributed by atoms with Gasteiger partial charge in [-0.1, -0.05) is 0 Å². The highest BCUT2D eigenvalue weighted by Crippen LogP contribution is 2.29. The minimum atomic E-state index is -0.568. The normalized spacial score (nSPS) is 13.3. The summed E-state index contributed by atoms with van der Waals surface area (Å²) in [5.41, 5.74) is 2.83. The molecule has 0 spiro atoms. The van der Waals surface area contributed by atoms with E-state index in [1.807, 2.05) is 42.9 Å². The SMILES string of the molecule is Cc1oc(C)c(C(O)Cc2cn3ccsc3n2)c1C. The molecule has 1 N–H and O–H groups in total. The van der Waals surface area contributed by atoms with E-state index in [0.29, 0.717) is 6.42 Å². The van der Waals surface area contributed by atoms with Crippen LogP contribution in [0.5, 0.6) is 0 Å². The Balaban J connectivity index is 1.88. The third-order valence-electron chi connectivity index (χ3n) is 3.50. The van der Waals surface area contributed by atoms with E-state index in [1.54, 1.807) is 11.3 Å². The van der Waals surface area contributed by atoms with Gasteiger partial charge in [-0.3, -0.25) is 4.40 Å². The molecule has 3 aromatic rings. The lowest BCUT2D eigenvalue weighted by atomic mass is 10.0. The zero-order chi connectivity index (χ0) is 13.6. The van der Waals surface area contributed by atoms with E-state index in [9.17, 15) is 5.11 Å². The fourth-order valence-corrected chi connectivity index (χ4v) is 3.19. The van der Waals surface area contributed by atoms with Crippen LogP contribution in [-0.2, 0) is 6.42 Å². The van der Waals surface area contributed by atoms with Crippen molar-refractivity contribution < 1.29 is 9.52 Å². The van der Waals surface area contributed by atoms with Gasteiger partial charge in [-0.05, 0) is 26.3 Å². The first-order chi connectivity index (χ1) is 9.06. The maximum absolute atomic E-state index is 10.4. The van der Waals surface area contributed by atoms with Gasteiger partial charge in [-0.25, -0.2) is 4.98 Å². The van der Waals surface area contributed by atoms with Crippen molar-refractivity contribution in [2.75, 3.05) is 0 Å². The minimum absolute atomic E-state index is 0.509. The summed E-state index contributed by atoms with van der Waals surface area (Å²) in [5.74, 6) is 1.67. The Labute approximate surface area is 115 Å². The van der Waals surface area contributed by atoms with Gasteiger partial charge in [-0.15, -0.1) is 11.3 Å². The number of nitrogens with zero attached hydrogens (tertiary/aromatic N) is 2. The number of thiazole rings is 1. The third kappa shape index (κ3) is 2.09. The highest BCUT2D eigenvalue weighted by Gasteiger charge is 2.20. The molecular formula is C14H16N2O2S. The van der Waals surface area contributed by atoms with E-state index in [0.717, 1.165) is 33.3 Å². The van der Waals surface area contributed by atoms with Crippen molar-refractivity contribution >= 4 is 16.3 Å². The molecule has 3 heterocycles. The number of aliphatic hydroxyl groups is 1. The summed E-state index contributed by atoms with van der Waals surface area (Å²) in [7, 11) is 0. The number of aryl methyl sites for hydroxylation is 2. The van der Waals surface area contributed by atoms with Crippen LogP contribution >= 0.6 is 11.3 Å². The number of furan rings is 1. The maximum Gasteiger partial charge on any atom is 0.193 e. The van der Waals surface area contributed by atoms with E-state index in [2.05, 4.69) is 4.98 Å². The second-order valence-electron chi connectivity index (χ2n) is 4.80. The molecule has 0 aromatic carbocycles. The largest absolute Gasteiger partial charge is 0.466 e. The Morgan fingerprint density at radius 1 is 1.37 bits per heavy atom. The molecule has 0 aliphatic heterocycles. The summed E-state index contributed by atoms with van der Waals surface area (Å²) in [6.45, 7) is 5.80. The van der Waals surface area contributed by atoms with Crippen molar-refractivity contribution in [1.82, 2.24) is 9.38 Å². The number of imidazole rings is 1. The Bertz CT molecular complexity index is 695. The number of rotatable bonds is 3. The molecule has 0 fully saturated rings. The van der Waals surface area contributed by atoms with Gasteiger partial charge in [0.1, 0.15) is 11.5 Å². The molecule has 3 rings (SSSR count). The maximum atomic E-state index is 10.4. The first kappa shape index (κ1) is 12.4. The van der Waals surface area contributed by atoms with Crippen LogP contribution in [0, 0.1) is 20.8 Å². The number of aliphatic hydroxyl groups excluding tert-OH is 1. The average molecular weight is 276 g/mol. The molecule has 0 bridgehead atoms. The van der Waals surface area contributed by atoms with Gasteiger partial charge < -0.3 is 9.52 Å². The zero-order valence-electron chi connectivity index (χ0n) is 11.2. The van der Waals surface area contributed by atoms with Crippen LogP contribution in [-0.4, -0.2) is 14.5 Å². The molecule has 0 aliphatic carbocycles. The van der Waals surface area contributed by atoms with E-state index < -0.39 is 6.10 Å². The van der Waals surface area contributed by atoms with Crippen LogP contribution in [0.3, 0.4) is 0 Å². The topological polar surface area (TPSA) is 50.7 Å². The fraction of sp³-hybridized carbons (Fsp3) is 0.357. The molecule has 100 valence electrons. The van der Waals surface area contributed by atoms with Gasteiger partial charge in [0.2, 0.25) is 0 Å². The van der Waals surface area contributed by atoms with Gasteiger partial charge >= 0.3 is 0 Å². The van der Waals surface area contributed by atoms with Crippen molar-refractivity contribution in [2.45, 2.75) is 33.3 Å². The zero-order valence-corrected chi connectivity index (χ0v) is 12.0. The molecule has 0 radical (unpaired) electrons. The van der Waals surface area contributed by atoms with Gasteiger partial charge in [-0.2, -0.15) is 0 Å². The molecule has 1 unspecified atom stereocenters. The molecule has 0 saturated carbocycles. The molecule has 3 aromatic heterocycles. The summed E-state index contributed by atoms with van der Waals surface area (Å²) < 4.78 is 7.54. The van der Waals surface area contributed by atoms with Crippen LogP contribution in [0.1, 0.15) is 34.4 Å². The summed E-state index contributed by atoms with van der Waals surface area (Å²) in [6, 6.07) is 0. The molecular weight excluding hydrogens is 260 g/mol. The van der Waals surface area contributed by atoms with Crippen molar-refractivity contribution in [3.8, 4) is 0 Å². The number of aromatic nitrogens is 2. The summed E-state index contributed by atoms with van der Waals surface area (Å²) in [4.78, 5) is 5.45. The Kier molecular flexibility index (Phi) is 2.95. The Morgan fingerprint density at radius 3 is 2.79 bits per heavy atom. The monoisotopic (exact) mass is 276 g/mol. The summed E-state index contributed by atoms with van der Waals surface area (Å²) in [6.07, 6.45) is 3.88. The molecule has 19 heavy (non-hydrogen) atoms. The van der Waals surface area contributed by atoms with E-state index in [4.69, 9.17) is 4.42 Å². The van der Waals surface area contributed by atoms with Crippen molar-refractivity contribution in [2.24, 2.45) is 0 Å². The van der Waals surface area contributed by atoms with Gasteiger partial charge in [0.15, 0.2) is 4.96 Å². The van der Waals surface area contributed by atoms with Gasteiger partial charge in [0.05, 0.1) is 11.8 Å². The van der Waals surface area contributed by atoms with Crippen molar-refractivity contribution in [3.05, 3.63) is 46.1 Å². The predicted octanol–water partition coefficient (Wildman–Crippen LogP) is 3.19. The van der Waals surface area contributed by atoms with E-state index in [1.165, 1.54) is 0 Å². The average Bonchev–Trinajstić information content (AvgIpc) is 2.94. The third-order valence-corrected chi connectivity index (χ3v) is 4.27. The van der Waals surface area contributed by atoms with Crippen molar-refractivity contribution in [1.29, 1.82) is 0 Å². The van der Waals surface area contributed by atoms with Crippen LogP contribution in [0.4, 0.5) is 0 Å². The first-order valence-electron chi connectivity index (χ1n) is 6.22. The lowest BCUT2D eigenvalue weighted by Crippen LogP contribution is -2.04. The van der Waals surface area contributed by atoms with Crippen molar-refractivity contribution in [3.63, 3.8) is 0 Å². The number of hydrogen-bond acceptors (Lipinski definition) is 4.